The summed E-state index contributed by atoms with van der Waals surface area (Å²) in [5.74, 6) is 0. The van der Waals surface area contributed by atoms with Gasteiger partial charge in [-0.15, -0.1) is 23.5 Å². The average Bonchev–Trinajstić information content (AvgIpc) is 3.00. The van der Waals surface area contributed by atoms with Crippen LogP contribution in [0.2, 0.25) is 0 Å². The maximum atomic E-state index is 9.23. The Morgan fingerprint density at radius 2 is 1.18 bits per heavy atom. The molecule has 0 saturated heterocycles. The van der Waals surface area contributed by atoms with Gasteiger partial charge in [0.25, 0.3) is 0 Å². The second-order valence-corrected chi connectivity index (χ2v) is 10.7. The first-order chi connectivity index (χ1) is 8.31. The van der Waals surface area contributed by atoms with Gasteiger partial charge >= 0.3 is 0 Å². The van der Waals surface area contributed by atoms with Crippen LogP contribution in [0.1, 0.15) is 0 Å². The number of thioether (sulfide) groups is 6. The minimum atomic E-state index is 0.0241. The first kappa shape index (κ1) is 13.2. The van der Waals surface area contributed by atoms with E-state index in [-0.39, 0.29) is 13.2 Å². The van der Waals surface area contributed by atoms with Crippen LogP contribution >= 0.6 is 70.6 Å². The van der Waals surface area contributed by atoms with E-state index < -0.39 is 0 Å². The summed E-state index contributed by atoms with van der Waals surface area (Å²) in [6, 6.07) is 0. The van der Waals surface area contributed by atoms with Crippen molar-refractivity contribution in [3.05, 3.63) is 26.8 Å². The molecule has 17 heavy (non-hydrogen) atoms. The van der Waals surface area contributed by atoms with E-state index in [2.05, 4.69) is 0 Å². The van der Waals surface area contributed by atoms with Crippen LogP contribution in [0, 0.1) is 0 Å². The van der Waals surface area contributed by atoms with Gasteiger partial charge in [-0.05, 0) is 0 Å². The van der Waals surface area contributed by atoms with Crippen molar-refractivity contribution in [2.24, 2.45) is 0 Å². The van der Waals surface area contributed by atoms with E-state index in [0.29, 0.717) is 0 Å². The van der Waals surface area contributed by atoms with Crippen molar-refractivity contribution in [3.63, 3.8) is 0 Å². The summed E-state index contributed by atoms with van der Waals surface area (Å²) in [6.07, 6.45) is 0. The van der Waals surface area contributed by atoms with E-state index in [1.54, 1.807) is 23.5 Å². The fourth-order valence-corrected chi connectivity index (χ4v) is 10.5. The van der Waals surface area contributed by atoms with Gasteiger partial charge in [0, 0.05) is 14.9 Å². The lowest BCUT2D eigenvalue weighted by Crippen LogP contribution is -1.89. The first-order valence-electron chi connectivity index (χ1n) is 4.71. The third kappa shape index (κ3) is 2.60. The summed E-state index contributed by atoms with van der Waals surface area (Å²) >= 11 is 10.7. The highest BCUT2D eigenvalue weighted by atomic mass is 32.3. The molecular formula is C9H8O2S6. The van der Waals surface area contributed by atoms with Crippen molar-refractivity contribution in [1.82, 2.24) is 0 Å². The molecule has 3 rings (SSSR count). The van der Waals surface area contributed by atoms with Crippen LogP contribution < -0.4 is 0 Å². The largest absolute Gasteiger partial charge is 0.391 e. The van der Waals surface area contributed by atoms with E-state index in [4.69, 9.17) is 0 Å². The minimum absolute atomic E-state index is 0.0241. The van der Waals surface area contributed by atoms with E-state index in [1.807, 2.05) is 47.0 Å². The van der Waals surface area contributed by atoms with E-state index in [9.17, 15) is 10.2 Å². The zero-order valence-corrected chi connectivity index (χ0v) is 13.4. The quantitative estimate of drug-likeness (QED) is 0.786. The molecule has 0 atom stereocenters. The van der Waals surface area contributed by atoms with Gasteiger partial charge in [-0.25, -0.2) is 0 Å². The summed E-state index contributed by atoms with van der Waals surface area (Å²) in [5.41, 5.74) is 0. The molecule has 0 aromatic heterocycles. The maximum absolute atomic E-state index is 9.23. The summed E-state index contributed by atoms with van der Waals surface area (Å²) in [4.78, 5) is 1.79. The molecule has 0 unspecified atom stereocenters. The second kappa shape index (κ2) is 5.70. The van der Waals surface area contributed by atoms with Crippen molar-refractivity contribution in [1.29, 1.82) is 0 Å². The van der Waals surface area contributed by atoms with Crippen LogP contribution in [0.25, 0.3) is 0 Å². The summed E-state index contributed by atoms with van der Waals surface area (Å²) in [7, 11) is 0. The Labute approximate surface area is 125 Å². The van der Waals surface area contributed by atoms with Crippen molar-refractivity contribution >= 4 is 70.6 Å². The molecule has 2 nitrogen and oxygen atoms in total. The van der Waals surface area contributed by atoms with Gasteiger partial charge in [0.2, 0.25) is 0 Å². The normalized spacial score (nSPS) is 24.4. The van der Waals surface area contributed by atoms with Crippen molar-refractivity contribution in [2.75, 3.05) is 18.3 Å². The van der Waals surface area contributed by atoms with Crippen LogP contribution in [0.15, 0.2) is 26.8 Å². The Morgan fingerprint density at radius 1 is 0.706 bits per heavy atom. The van der Waals surface area contributed by atoms with Gasteiger partial charge in [0.15, 0.2) is 0 Å². The molecule has 92 valence electrons. The lowest BCUT2D eigenvalue weighted by Gasteiger charge is -2.03. The molecule has 0 aromatic rings. The standard InChI is InChI=1S/C9H8O2S6/c10-1-4-5(2-11)15-8(14-4)9-16-6-7(17-9)13-3-12-6/h10-11H,1-3H2. The fraction of sp³-hybridized carbons (Fsp3) is 0.333. The zero-order chi connectivity index (χ0) is 11.8. The monoisotopic (exact) mass is 340 g/mol. The average molecular weight is 341 g/mol. The molecule has 3 aliphatic rings. The van der Waals surface area contributed by atoms with Crippen molar-refractivity contribution in [3.8, 4) is 0 Å². The van der Waals surface area contributed by atoms with Crippen LogP contribution in [0.5, 0.6) is 0 Å². The molecule has 0 bridgehead atoms. The Balaban J connectivity index is 1.77. The maximum Gasteiger partial charge on any atom is 0.0753 e. The molecule has 0 saturated carbocycles. The molecule has 0 fully saturated rings. The molecule has 2 N–H and O–H groups in total. The molecule has 0 radical (unpaired) electrons. The van der Waals surface area contributed by atoms with E-state index in [0.717, 1.165) is 14.9 Å². The highest BCUT2D eigenvalue weighted by molar-refractivity contribution is 8.46. The lowest BCUT2D eigenvalue weighted by atomic mass is 10.5. The molecule has 3 aliphatic heterocycles. The highest BCUT2D eigenvalue weighted by Gasteiger charge is 2.32. The minimum Gasteiger partial charge on any atom is -0.391 e. The Hall–Kier alpha value is 1.24. The predicted molar refractivity (Wildman–Crippen MR) is 85.7 cm³/mol. The van der Waals surface area contributed by atoms with Gasteiger partial charge in [0.1, 0.15) is 0 Å². The summed E-state index contributed by atoms with van der Waals surface area (Å²) in [6.45, 7) is 0.0482. The van der Waals surface area contributed by atoms with Crippen LogP contribution in [-0.2, 0) is 0 Å². The second-order valence-electron chi connectivity index (χ2n) is 3.13. The number of hydrogen-bond acceptors (Lipinski definition) is 8. The molecule has 3 heterocycles. The van der Waals surface area contributed by atoms with Crippen LogP contribution in [0.4, 0.5) is 0 Å². The first-order valence-corrected chi connectivity index (χ1v) is 9.95. The molecule has 8 heteroatoms. The van der Waals surface area contributed by atoms with Crippen molar-refractivity contribution in [2.45, 2.75) is 0 Å². The van der Waals surface area contributed by atoms with Gasteiger partial charge in [-0.2, -0.15) is 0 Å². The molecule has 0 amide bonds. The Morgan fingerprint density at radius 3 is 1.65 bits per heavy atom. The summed E-state index contributed by atoms with van der Waals surface area (Å²) < 4.78 is 5.36. The third-order valence-corrected chi connectivity index (χ3v) is 10.9. The van der Waals surface area contributed by atoms with Crippen LogP contribution in [0.3, 0.4) is 0 Å². The molecule has 0 aliphatic carbocycles. The highest BCUT2D eigenvalue weighted by Crippen LogP contribution is 2.66. The van der Waals surface area contributed by atoms with Gasteiger partial charge in [0.05, 0.1) is 30.2 Å². The van der Waals surface area contributed by atoms with Crippen LogP contribution in [-0.4, -0.2) is 28.5 Å². The number of aliphatic hydroxyl groups excluding tert-OH is 2. The number of aliphatic hydroxyl groups is 2. The summed E-state index contributed by atoms with van der Waals surface area (Å²) in [5, 5.41) is 19.6. The Kier molecular flexibility index (Phi) is 4.44. The van der Waals surface area contributed by atoms with E-state index in [1.165, 1.54) is 16.9 Å². The molecule has 0 spiro atoms. The predicted octanol–water partition coefficient (Wildman–Crippen LogP) is 3.83. The topological polar surface area (TPSA) is 40.5 Å². The van der Waals surface area contributed by atoms with Gasteiger partial charge in [-0.1, -0.05) is 47.0 Å². The van der Waals surface area contributed by atoms with Gasteiger partial charge < -0.3 is 10.2 Å². The SMILES string of the molecule is OCC1=C(CO)SC(=C2SC3=C(SCS3)S2)S1. The van der Waals surface area contributed by atoms with E-state index >= 15 is 0 Å². The van der Waals surface area contributed by atoms with Gasteiger partial charge in [-0.3, -0.25) is 0 Å². The third-order valence-electron chi connectivity index (χ3n) is 2.11. The fourth-order valence-electron chi connectivity index (χ4n) is 1.35. The Bertz CT molecular complexity index is 416. The smallest absolute Gasteiger partial charge is 0.0753 e. The number of rotatable bonds is 2. The van der Waals surface area contributed by atoms with Crippen molar-refractivity contribution < 1.29 is 10.2 Å². The lowest BCUT2D eigenvalue weighted by molar-refractivity contribution is 0.324. The molecular weight excluding hydrogens is 332 g/mol. The molecule has 0 aromatic carbocycles. The zero-order valence-electron chi connectivity index (χ0n) is 8.47. The number of hydrogen-bond donors (Lipinski definition) is 2.